The van der Waals surface area contributed by atoms with Crippen LogP contribution in [0.1, 0.15) is 0 Å². The Hall–Kier alpha value is 1.00. The summed E-state index contributed by atoms with van der Waals surface area (Å²) in [5, 5.41) is 0. The molecular formula is C3H4INaO3. The van der Waals surface area contributed by atoms with Crippen LogP contribution in [0.2, 0.25) is 0 Å². The molecule has 0 atom stereocenters. The van der Waals surface area contributed by atoms with Crippen LogP contribution in [0.3, 0.4) is 0 Å². The molecule has 3 nitrogen and oxygen atoms in total. The van der Waals surface area contributed by atoms with E-state index in [1.807, 2.05) is 0 Å². The van der Waals surface area contributed by atoms with Crippen molar-refractivity contribution in [2.24, 2.45) is 0 Å². The summed E-state index contributed by atoms with van der Waals surface area (Å²) in [4.78, 5) is 9.80. The zero-order chi connectivity index (χ0) is 4.41. The standard InChI is InChI=1S/C3H4O3.HI.Na/c4-3-5-1-2-6-3;;/h1-2H2;1H;/q;;+1/p-1. The van der Waals surface area contributed by atoms with E-state index in [4.69, 9.17) is 0 Å². The van der Waals surface area contributed by atoms with Gasteiger partial charge in [-0.3, -0.25) is 0 Å². The van der Waals surface area contributed by atoms with Gasteiger partial charge >= 0.3 is 35.7 Å². The molecule has 0 aromatic heterocycles. The second kappa shape index (κ2) is 6.12. The first-order valence-electron chi connectivity index (χ1n) is 1.69. The molecule has 0 saturated carbocycles. The summed E-state index contributed by atoms with van der Waals surface area (Å²) >= 11 is 0. The van der Waals surface area contributed by atoms with Crippen molar-refractivity contribution in [3.8, 4) is 0 Å². The minimum atomic E-state index is -0.546. The number of cyclic esters (lactones) is 2. The van der Waals surface area contributed by atoms with E-state index in [1.54, 1.807) is 0 Å². The SMILES string of the molecule is O=C1OCCO1.[I-].[Na+]. The average molecular weight is 238 g/mol. The second-order valence-electron chi connectivity index (χ2n) is 0.947. The van der Waals surface area contributed by atoms with E-state index < -0.39 is 6.16 Å². The molecule has 5 heteroatoms. The van der Waals surface area contributed by atoms with Gasteiger partial charge in [-0.25, -0.2) is 4.79 Å². The molecule has 1 aliphatic heterocycles. The summed E-state index contributed by atoms with van der Waals surface area (Å²) in [6, 6.07) is 0. The molecule has 0 amide bonds. The summed E-state index contributed by atoms with van der Waals surface area (Å²) in [6.45, 7) is 0.831. The van der Waals surface area contributed by atoms with Crippen LogP contribution in [-0.2, 0) is 9.47 Å². The zero-order valence-electron chi connectivity index (χ0n) is 4.52. The minimum absolute atomic E-state index is 0. The number of carbonyl (C=O) groups excluding carboxylic acids is 1. The van der Waals surface area contributed by atoms with Gasteiger partial charge in [0.05, 0.1) is 0 Å². The molecule has 0 unspecified atom stereocenters. The third-order valence-corrected chi connectivity index (χ3v) is 0.523. The van der Waals surface area contributed by atoms with Gasteiger partial charge in [-0.15, -0.1) is 0 Å². The van der Waals surface area contributed by atoms with Crippen LogP contribution in [0, 0.1) is 0 Å². The van der Waals surface area contributed by atoms with Crippen LogP contribution in [0.15, 0.2) is 0 Å². The maximum atomic E-state index is 9.80. The van der Waals surface area contributed by atoms with E-state index in [0.717, 1.165) is 0 Å². The van der Waals surface area contributed by atoms with Gasteiger partial charge in [-0.05, 0) is 0 Å². The molecule has 0 aromatic rings. The van der Waals surface area contributed by atoms with Crippen LogP contribution >= 0.6 is 0 Å². The average Bonchev–Trinajstić information content (AvgIpc) is 1.86. The number of carbonyl (C=O) groups is 1. The Labute approximate surface area is 86.4 Å². The molecule has 42 valence electrons. The Morgan fingerprint density at radius 1 is 1.25 bits per heavy atom. The Bertz CT molecular complexity index is 68.9. The summed E-state index contributed by atoms with van der Waals surface area (Å²) in [7, 11) is 0. The fourth-order valence-electron chi connectivity index (χ4n) is 0.292. The Morgan fingerprint density at radius 2 is 1.62 bits per heavy atom. The summed E-state index contributed by atoms with van der Waals surface area (Å²) < 4.78 is 8.58. The molecular weight excluding hydrogens is 234 g/mol. The van der Waals surface area contributed by atoms with Gasteiger partial charge < -0.3 is 33.5 Å². The molecule has 0 aliphatic carbocycles. The fraction of sp³-hybridized carbons (Fsp3) is 0.667. The van der Waals surface area contributed by atoms with Gasteiger partial charge in [0.15, 0.2) is 0 Å². The predicted octanol–water partition coefficient (Wildman–Crippen LogP) is -5.84. The number of rotatable bonds is 0. The van der Waals surface area contributed by atoms with E-state index in [1.165, 1.54) is 0 Å². The summed E-state index contributed by atoms with van der Waals surface area (Å²) in [5.41, 5.74) is 0. The molecule has 8 heavy (non-hydrogen) atoms. The van der Waals surface area contributed by atoms with E-state index in [-0.39, 0.29) is 53.5 Å². The third kappa shape index (κ3) is 3.94. The predicted molar refractivity (Wildman–Crippen MR) is 17.3 cm³/mol. The van der Waals surface area contributed by atoms with E-state index in [0.29, 0.717) is 13.2 Å². The van der Waals surface area contributed by atoms with Gasteiger partial charge in [0, 0.05) is 0 Å². The van der Waals surface area contributed by atoms with Gasteiger partial charge in [-0.2, -0.15) is 0 Å². The molecule has 0 N–H and O–H groups in total. The Balaban J connectivity index is 0. The van der Waals surface area contributed by atoms with Crippen molar-refractivity contribution in [3.63, 3.8) is 0 Å². The van der Waals surface area contributed by atoms with Crippen LogP contribution in [0.25, 0.3) is 0 Å². The molecule has 1 heterocycles. The molecule has 1 aliphatic rings. The second-order valence-corrected chi connectivity index (χ2v) is 0.947. The number of ether oxygens (including phenoxy) is 2. The normalized spacial score (nSPS) is 14.8. The zero-order valence-corrected chi connectivity index (χ0v) is 8.67. The largest absolute Gasteiger partial charge is 1.00 e. The van der Waals surface area contributed by atoms with Gasteiger partial charge in [-0.1, -0.05) is 0 Å². The quantitative estimate of drug-likeness (QED) is 0.239. The van der Waals surface area contributed by atoms with Crippen molar-refractivity contribution in [2.75, 3.05) is 13.2 Å². The van der Waals surface area contributed by atoms with Crippen molar-refractivity contribution in [1.82, 2.24) is 0 Å². The maximum Gasteiger partial charge on any atom is 1.00 e. The van der Waals surface area contributed by atoms with Gasteiger partial charge in [0.25, 0.3) is 0 Å². The van der Waals surface area contributed by atoms with E-state index in [2.05, 4.69) is 9.47 Å². The molecule has 1 saturated heterocycles. The van der Waals surface area contributed by atoms with Crippen LogP contribution in [-0.4, -0.2) is 19.4 Å². The third-order valence-electron chi connectivity index (χ3n) is 0.523. The fourth-order valence-corrected chi connectivity index (χ4v) is 0.292. The first kappa shape index (κ1) is 11.8. The number of halogens is 1. The molecule has 0 bridgehead atoms. The Kier molecular flexibility index (Phi) is 9.00. The smallest absolute Gasteiger partial charge is 1.00 e. The van der Waals surface area contributed by atoms with Crippen LogP contribution < -0.4 is 53.5 Å². The monoisotopic (exact) mass is 238 g/mol. The van der Waals surface area contributed by atoms with Gasteiger partial charge in [0.2, 0.25) is 0 Å². The first-order valence-corrected chi connectivity index (χ1v) is 1.69. The first-order chi connectivity index (χ1) is 2.89. The van der Waals surface area contributed by atoms with Crippen molar-refractivity contribution in [3.05, 3.63) is 0 Å². The Morgan fingerprint density at radius 3 is 1.75 bits per heavy atom. The molecule has 0 radical (unpaired) electrons. The van der Waals surface area contributed by atoms with Crippen LogP contribution in [0.4, 0.5) is 4.79 Å². The molecule has 1 fully saturated rings. The van der Waals surface area contributed by atoms with Crippen molar-refractivity contribution in [1.29, 1.82) is 0 Å². The summed E-state index contributed by atoms with van der Waals surface area (Å²) in [5.74, 6) is 0. The topological polar surface area (TPSA) is 35.5 Å². The maximum absolute atomic E-state index is 9.80. The van der Waals surface area contributed by atoms with E-state index in [9.17, 15) is 4.79 Å². The van der Waals surface area contributed by atoms with Crippen molar-refractivity contribution < 1.29 is 67.8 Å². The minimum Gasteiger partial charge on any atom is -1.00 e. The van der Waals surface area contributed by atoms with Gasteiger partial charge in [0.1, 0.15) is 13.2 Å². The van der Waals surface area contributed by atoms with Crippen molar-refractivity contribution >= 4 is 6.16 Å². The molecule has 0 aromatic carbocycles. The van der Waals surface area contributed by atoms with Crippen LogP contribution in [0.5, 0.6) is 0 Å². The van der Waals surface area contributed by atoms with E-state index >= 15 is 0 Å². The van der Waals surface area contributed by atoms with Crippen molar-refractivity contribution in [2.45, 2.75) is 0 Å². The molecule has 0 spiro atoms. The number of hydrogen-bond donors (Lipinski definition) is 0. The summed E-state index contributed by atoms with van der Waals surface area (Å²) in [6.07, 6.45) is -0.546. The number of hydrogen-bond acceptors (Lipinski definition) is 3. The molecule has 1 rings (SSSR count).